The summed E-state index contributed by atoms with van der Waals surface area (Å²) in [5.41, 5.74) is 0.103. The summed E-state index contributed by atoms with van der Waals surface area (Å²) in [4.78, 5) is 37.9. The van der Waals surface area contributed by atoms with Crippen LogP contribution in [0.2, 0.25) is 0 Å². The van der Waals surface area contributed by atoms with Gasteiger partial charge < -0.3 is 14.2 Å². The lowest BCUT2D eigenvalue weighted by molar-refractivity contribution is -0.144. The van der Waals surface area contributed by atoms with E-state index in [-0.39, 0.29) is 5.71 Å². The Morgan fingerprint density at radius 2 is 1.67 bits per heavy atom. The number of esters is 2. The van der Waals surface area contributed by atoms with E-state index in [1.807, 2.05) is 0 Å². The second-order valence-corrected chi connectivity index (χ2v) is 3.86. The van der Waals surface area contributed by atoms with E-state index in [4.69, 9.17) is 4.74 Å². The zero-order valence-electron chi connectivity index (χ0n) is 11.9. The lowest BCUT2D eigenvalue weighted by atomic mass is 10.0. The largest absolute Gasteiger partial charge is 0.464 e. The van der Waals surface area contributed by atoms with Crippen LogP contribution in [0.5, 0.6) is 0 Å². The fraction of sp³-hybridized carbons (Fsp3) is 0.286. The first kappa shape index (κ1) is 16.4. The molecule has 0 aliphatic heterocycles. The first-order chi connectivity index (χ1) is 9.99. The lowest BCUT2D eigenvalue weighted by Gasteiger charge is -2.17. The van der Waals surface area contributed by atoms with Gasteiger partial charge >= 0.3 is 18.0 Å². The first-order valence-corrected chi connectivity index (χ1v) is 5.96. The minimum Gasteiger partial charge on any atom is -0.464 e. The van der Waals surface area contributed by atoms with E-state index in [9.17, 15) is 14.4 Å². The van der Waals surface area contributed by atoms with Crippen molar-refractivity contribution in [3.05, 3.63) is 35.9 Å². The Morgan fingerprint density at radius 1 is 1.05 bits per heavy atom. The van der Waals surface area contributed by atoms with Gasteiger partial charge in [0.05, 0.1) is 14.2 Å². The molecular weight excluding hydrogens is 278 g/mol. The molecule has 1 atom stereocenters. The number of nitrogens with zero attached hydrogens (tertiary/aromatic N) is 1. The van der Waals surface area contributed by atoms with Crippen molar-refractivity contribution < 1.29 is 28.6 Å². The van der Waals surface area contributed by atoms with Crippen LogP contribution < -0.4 is 0 Å². The molecule has 0 aliphatic rings. The number of hydrogen-bond donors (Lipinski definition) is 0. The van der Waals surface area contributed by atoms with Gasteiger partial charge in [0.25, 0.3) is 0 Å². The SMILES string of the molecule is COC(=O)/N=C(\C(=O)OC)C(OC(C)=O)c1ccccc1. The van der Waals surface area contributed by atoms with Crippen LogP contribution in [0.4, 0.5) is 4.79 Å². The van der Waals surface area contributed by atoms with Crippen molar-refractivity contribution in [3.8, 4) is 0 Å². The quantitative estimate of drug-likeness (QED) is 0.476. The average molecular weight is 293 g/mol. The summed E-state index contributed by atoms with van der Waals surface area (Å²) in [6.07, 6.45) is -2.15. The third kappa shape index (κ3) is 4.72. The highest BCUT2D eigenvalue weighted by Crippen LogP contribution is 2.20. The average Bonchev–Trinajstić information content (AvgIpc) is 2.50. The Bertz CT molecular complexity index is 552. The fourth-order valence-corrected chi connectivity index (χ4v) is 1.54. The Kier molecular flexibility index (Phi) is 6.06. The summed E-state index contributed by atoms with van der Waals surface area (Å²) in [5.74, 6) is -1.53. The molecule has 0 bridgehead atoms. The van der Waals surface area contributed by atoms with Crippen LogP contribution in [0.15, 0.2) is 35.3 Å². The predicted octanol–water partition coefficient (Wildman–Crippen LogP) is 1.67. The Labute approximate surface area is 121 Å². The first-order valence-electron chi connectivity index (χ1n) is 5.96. The van der Waals surface area contributed by atoms with Gasteiger partial charge in [-0.25, -0.2) is 9.59 Å². The second-order valence-electron chi connectivity index (χ2n) is 3.86. The molecule has 0 spiro atoms. The van der Waals surface area contributed by atoms with Gasteiger partial charge in [-0.3, -0.25) is 4.79 Å². The van der Waals surface area contributed by atoms with Crippen molar-refractivity contribution in [1.29, 1.82) is 0 Å². The van der Waals surface area contributed by atoms with Crippen LogP contribution >= 0.6 is 0 Å². The van der Waals surface area contributed by atoms with Gasteiger partial charge in [-0.05, 0) is 5.56 Å². The molecule has 1 unspecified atom stereocenters. The molecule has 1 aromatic rings. The molecule has 0 aromatic heterocycles. The van der Waals surface area contributed by atoms with Crippen molar-refractivity contribution in [3.63, 3.8) is 0 Å². The van der Waals surface area contributed by atoms with Crippen molar-refractivity contribution in [2.45, 2.75) is 13.0 Å². The zero-order chi connectivity index (χ0) is 15.8. The highest BCUT2D eigenvalue weighted by atomic mass is 16.6. The summed E-state index contributed by atoms with van der Waals surface area (Å²) in [7, 11) is 2.25. The summed E-state index contributed by atoms with van der Waals surface area (Å²) < 4.78 is 14.1. The highest BCUT2D eigenvalue weighted by molar-refractivity contribution is 6.39. The Morgan fingerprint density at radius 3 is 2.14 bits per heavy atom. The summed E-state index contributed by atoms with van der Waals surface area (Å²) in [6, 6.07) is 8.40. The second kappa shape index (κ2) is 7.78. The normalized spacial score (nSPS) is 12.2. The van der Waals surface area contributed by atoms with E-state index in [0.29, 0.717) is 5.56 Å². The van der Waals surface area contributed by atoms with Gasteiger partial charge in [0.15, 0.2) is 11.8 Å². The molecule has 0 heterocycles. The van der Waals surface area contributed by atoms with E-state index in [1.54, 1.807) is 30.3 Å². The van der Waals surface area contributed by atoms with Crippen LogP contribution in [-0.4, -0.2) is 38.0 Å². The van der Waals surface area contributed by atoms with Gasteiger partial charge in [-0.15, -0.1) is 0 Å². The minimum absolute atomic E-state index is 0.370. The van der Waals surface area contributed by atoms with Gasteiger partial charge in [0.1, 0.15) is 0 Å². The number of methoxy groups -OCH3 is 2. The maximum atomic E-state index is 11.8. The highest BCUT2D eigenvalue weighted by Gasteiger charge is 2.29. The Balaban J connectivity index is 3.30. The van der Waals surface area contributed by atoms with Crippen molar-refractivity contribution in [1.82, 2.24) is 0 Å². The molecule has 0 aliphatic carbocycles. The van der Waals surface area contributed by atoms with Crippen LogP contribution in [0.3, 0.4) is 0 Å². The van der Waals surface area contributed by atoms with E-state index in [2.05, 4.69) is 14.5 Å². The molecule has 0 fully saturated rings. The number of amides is 1. The maximum Gasteiger partial charge on any atom is 0.433 e. The molecule has 112 valence electrons. The summed E-state index contributed by atoms with van der Waals surface area (Å²) in [6.45, 7) is 1.18. The maximum absolute atomic E-state index is 11.8. The monoisotopic (exact) mass is 293 g/mol. The number of rotatable bonds is 4. The molecule has 0 saturated carbocycles. The van der Waals surface area contributed by atoms with Crippen molar-refractivity contribution in [2.24, 2.45) is 4.99 Å². The molecule has 1 aromatic carbocycles. The number of ether oxygens (including phenoxy) is 3. The van der Waals surface area contributed by atoms with Crippen molar-refractivity contribution >= 4 is 23.7 Å². The molecule has 7 nitrogen and oxygen atoms in total. The fourth-order valence-electron chi connectivity index (χ4n) is 1.54. The third-order valence-electron chi connectivity index (χ3n) is 2.42. The number of carbonyl (C=O) groups is 3. The third-order valence-corrected chi connectivity index (χ3v) is 2.42. The van der Waals surface area contributed by atoms with E-state index < -0.39 is 24.1 Å². The Hall–Kier alpha value is -2.70. The smallest absolute Gasteiger partial charge is 0.433 e. The molecule has 21 heavy (non-hydrogen) atoms. The number of hydrogen-bond acceptors (Lipinski definition) is 6. The van der Waals surface area contributed by atoms with Crippen LogP contribution in [0, 0.1) is 0 Å². The van der Waals surface area contributed by atoms with E-state index in [0.717, 1.165) is 14.2 Å². The predicted molar refractivity (Wildman–Crippen MR) is 72.8 cm³/mol. The van der Waals surface area contributed by atoms with Crippen LogP contribution in [0.1, 0.15) is 18.6 Å². The molecule has 0 radical (unpaired) electrons. The number of aliphatic imine (C=N–C) groups is 1. The topological polar surface area (TPSA) is 91.3 Å². The molecule has 0 saturated heterocycles. The standard InChI is InChI=1S/C14H15NO6/c1-9(16)21-12(10-7-5-4-6-8-10)11(13(17)19-2)15-14(18)20-3/h4-8,12H,1-3H3/b15-11-. The minimum atomic E-state index is -1.16. The van der Waals surface area contributed by atoms with Crippen LogP contribution in [-0.2, 0) is 23.8 Å². The van der Waals surface area contributed by atoms with E-state index >= 15 is 0 Å². The van der Waals surface area contributed by atoms with Gasteiger partial charge in [0.2, 0.25) is 0 Å². The van der Waals surface area contributed by atoms with Crippen molar-refractivity contribution in [2.75, 3.05) is 14.2 Å². The van der Waals surface area contributed by atoms with Gasteiger partial charge in [-0.1, -0.05) is 30.3 Å². The molecular formula is C14H15NO6. The lowest BCUT2D eigenvalue weighted by Crippen LogP contribution is -2.28. The molecule has 1 amide bonds. The van der Waals surface area contributed by atoms with E-state index in [1.165, 1.54) is 6.92 Å². The number of benzene rings is 1. The van der Waals surface area contributed by atoms with Crippen LogP contribution in [0.25, 0.3) is 0 Å². The zero-order valence-corrected chi connectivity index (χ0v) is 11.9. The van der Waals surface area contributed by atoms with Gasteiger partial charge in [-0.2, -0.15) is 4.99 Å². The molecule has 0 N–H and O–H groups in total. The summed E-state index contributed by atoms with van der Waals surface area (Å²) in [5, 5.41) is 0. The molecule has 1 rings (SSSR count). The number of carbonyl (C=O) groups excluding carboxylic acids is 3. The molecule has 7 heteroatoms. The van der Waals surface area contributed by atoms with Gasteiger partial charge in [0, 0.05) is 6.92 Å². The summed E-state index contributed by atoms with van der Waals surface area (Å²) >= 11 is 0.